The van der Waals surface area contributed by atoms with Crippen LogP contribution in [0.5, 0.6) is 5.75 Å². The third-order valence-corrected chi connectivity index (χ3v) is 6.19. The maximum atomic E-state index is 11.1. The first-order chi connectivity index (χ1) is 15.6. The van der Waals surface area contributed by atoms with Gasteiger partial charge in [0.2, 0.25) is 0 Å². The Kier molecular flexibility index (Phi) is 6.73. The number of anilines is 2. The zero-order chi connectivity index (χ0) is 23.8. The molecule has 7 heteroatoms. The van der Waals surface area contributed by atoms with E-state index in [9.17, 15) is 5.11 Å². The van der Waals surface area contributed by atoms with Crippen LogP contribution in [0.25, 0.3) is 22.0 Å². The van der Waals surface area contributed by atoms with Crippen LogP contribution in [0.15, 0.2) is 60.8 Å². The number of fused-ring (bicyclic) bond motifs is 1. The second-order valence-corrected chi connectivity index (χ2v) is 10.2. The average molecular weight is 501 g/mol. The highest BCUT2D eigenvalue weighted by Crippen LogP contribution is 2.39. The largest absolute Gasteiger partial charge is 0.507 e. The van der Waals surface area contributed by atoms with E-state index in [2.05, 4.69) is 36.4 Å². The van der Waals surface area contributed by atoms with Crippen molar-refractivity contribution < 1.29 is 5.11 Å². The minimum absolute atomic E-state index is 0.111. The van der Waals surface area contributed by atoms with Gasteiger partial charge in [-0.15, -0.1) is 0 Å². The van der Waals surface area contributed by atoms with Crippen LogP contribution < -0.4 is 10.6 Å². The lowest BCUT2D eigenvalue weighted by atomic mass is 9.99. The summed E-state index contributed by atoms with van der Waals surface area (Å²) in [5.74, 6) is 0.196. The van der Waals surface area contributed by atoms with Crippen molar-refractivity contribution in [1.29, 1.82) is 0 Å². The van der Waals surface area contributed by atoms with Crippen LogP contribution in [0.4, 0.5) is 11.4 Å². The van der Waals surface area contributed by atoms with Gasteiger partial charge < -0.3 is 15.7 Å². The Morgan fingerprint density at radius 1 is 0.909 bits per heavy atom. The van der Waals surface area contributed by atoms with Gasteiger partial charge in [-0.25, -0.2) is 0 Å². The number of pyridine rings is 1. The molecule has 3 N–H and O–H groups in total. The van der Waals surface area contributed by atoms with Gasteiger partial charge >= 0.3 is 0 Å². The van der Waals surface area contributed by atoms with E-state index in [1.54, 1.807) is 18.3 Å². The zero-order valence-electron chi connectivity index (χ0n) is 18.5. The highest BCUT2D eigenvalue weighted by atomic mass is 35.5. The molecule has 4 aromatic rings. The van der Waals surface area contributed by atoms with E-state index < -0.39 is 0 Å². The van der Waals surface area contributed by atoms with E-state index >= 15 is 0 Å². The number of benzene rings is 3. The zero-order valence-corrected chi connectivity index (χ0v) is 20.8. The van der Waals surface area contributed by atoms with Gasteiger partial charge in [0, 0.05) is 51.2 Å². The minimum Gasteiger partial charge on any atom is -0.507 e. The van der Waals surface area contributed by atoms with E-state index in [4.69, 9.17) is 34.8 Å². The number of rotatable bonds is 5. The monoisotopic (exact) mass is 499 g/mol. The lowest BCUT2D eigenvalue weighted by Crippen LogP contribution is -2.35. The number of nitrogens with zero attached hydrogens (tertiary/aromatic N) is 1. The molecule has 0 aliphatic rings. The smallest absolute Gasteiger partial charge is 0.128 e. The molecule has 170 valence electrons. The molecule has 0 aliphatic heterocycles. The Morgan fingerprint density at radius 2 is 1.70 bits per heavy atom. The number of hydrogen-bond donors (Lipinski definition) is 3. The lowest BCUT2D eigenvalue weighted by Gasteiger charge is -2.22. The Hall–Kier alpha value is -2.50. The van der Waals surface area contributed by atoms with Crippen LogP contribution in [-0.4, -0.2) is 15.6 Å². The summed E-state index contributed by atoms with van der Waals surface area (Å²) in [6.45, 7) is 6.74. The van der Waals surface area contributed by atoms with Crippen molar-refractivity contribution >= 4 is 57.1 Å². The van der Waals surface area contributed by atoms with Crippen molar-refractivity contribution in [3.05, 3.63) is 81.4 Å². The number of phenols is 1. The number of hydrogen-bond acceptors (Lipinski definition) is 4. The number of aromatic hydroxyl groups is 1. The quantitative estimate of drug-likeness (QED) is 0.242. The van der Waals surface area contributed by atoms with Gasteiger partial charge in [0.15, 0.2) is 0 Å². The summed E-state index contributed by atoms with van der Waals surface area (Å²) in [5.41, 5.74) is 4.59. The summed E-state index contributed by atoms with van der Waals surface area (Å²) >= 11 is 18.5. The summed E-state index contributed by atoms with van der Waals surface area (Å²) in [4.78, 5) is 4.41. The van der Waals surface area contributed by atoms with Gasteiger partial charge in [-0.05, 0) is 74.9 Å². The predicted molar refractivity (Wildman–Crippen MR) is 140 cm³/mol. The highest BCUT2D eigenvalue weighted by molar-refractivity contribution is 6.42. The molecule has 0 radical (unpaired) electrons. The van der Waals surface area contributed by atoms with E-state index in [1.165, 1.54) is 0 Å². The van der Waals surface area contributed by atoms with E-state index in [1.807, 2.05) is 42.5 Å². The fourth-order valence-corrected chi connectivity index (χ4v) is 4.00. The molecule has 0 fully saturated rings. The second-order valence-electron chi connectivity index (χ2n) is 8.91. The molecule has 1 heterocycles. The third kappa shape index (κ3) is 5.53. The molecule has 0 spiro atoms. The number of nitrogens with one attached hydrogen (secondary N) is 2. The second kappa shape index (κ2) is 9.40. The SMILES string of the molecule is CC(C)(C)NCc1cc(Nc2ccnc3cc(Cl)ccc23)cc(-c2ccc(Cl)c(Cl)c2)c1O. The predicted octanol–water partition coefficient (Wildman–Crippen LogP) is 8.20. The summed E-state index contributed by atoms with van der Waals surface area (Å²) in [6, 6.07) is 16.7. The van der Waals surface area contributed by atoms with Crippen molar-refractivity contribution in [2.24, 2.45) is 0 Å². The molecule has 4 nitrogen and oxygen atoms in total. The molecule has 0 saturated carbocycles. The fraction of sp³-hybridized carbons (Fsp3) is 0.192. The van der Waals surface area contributed by atoms with Crippen molar-refractivity contribution in [2.75, 3.05) is 5.32 Å². The van der Waals surface area contributed by atoms with Gasteiger partial charge in [-0.2, -0.15) is 0 Å². The van der Waals surface area contributed by atoms with Crippen LogP contribution in [0.3, 0.4) is 0 Å². The molecule has 0 unspecified atom stereocenters. The Balaban J connectivity index is 1.81. The molecule has 0 bridgehead atoms. The van der Waals surface area contributed by atoms with Crippen molar-refractivity contribution in [3.63, 3.8) is 0 Å². The fourth-order valence-electron chi connectivity index (χ4n) is 3.53. The molecule has 1 aromatic heterocycles. The summed E-state index contributed by atoms with van der Waals surface area (Å²) < 4.78 is 0. The van der Waals surface area contributed by atoms with Crippen LogP contribution in [0.2, 0.25) is 15.1 Å². The van der Waals surface area contributed by atoms with Crippen LogP contribution in [0.1, 0.15) is 26.3 Å². The molecular formula is C26H24Cl3N3O. The number of phenolic OH excluding ortho intramolecular Hbond substituents is 1. The lowest BCUT2D eigenvalue weighted by molar-refractivity contribution is 0.412. The third-order valence-electron chi connectivity index (χ3n) is 5.21. The standard InChI is InChI=1S/C26H24Cl3N3O/c1-26(2,3)31-14-16-10-18(13-20(25(16)33)15-4-7-21(28)22(29)11-15)32-23-8-9-30-24-12-17(27)5-6-19(23)24/h4-13,31,33H,14H2,1-3H3,(H,30,32). The number of aromatic nitrogens is 1. The summed E-state index contributed by atoms with van der Waals surface area (Å²) in [6.07, 6.45) is 1.74. The summed E-state index contributed by atoms with van der Waals surface area (Å²) in [5, 5.41) is 20.5. The van der Waals surface area contributed by atoms with E-state index in [-0.39, 0.29) is 11.3 Å². The molecule has 4 rings (SSSR count). The van der Waals surface area contributed by atoms with Crippen molar-refractivity contribution in [3.8, 4) is 16.9 Å². The van der Waals surface area contributed by atoms with Crippen molar-refractivity contribution in [1.82, 2.24) is 10.3 Å². The molecule has 0 saturated heterocycles. The Morgan fingerprint density at radius 3 is 2.42 bits per heavy atom. The molecular weight excluding hydrogens is 477 g/mol. The van der Waals surface area contributed by atoms with Gasteiger partial charge in [-0.1, -0.05) is 40.9 Å². The first-order valence-electron chi connectivity index (χ1n) is 10.5. The maximum absolute atomic E-state index is 11.1. The van der Waals surface area contributed by atoms with Gasteiger partial charge in [0.1, 0.15) is 5.75 Å². The van der Waals surface area contributed by atoms with Gasteiger partial charge in [0.05, 0.1) is 15.6 Å². The Bertz CT molecular complexity index is 1330. The molecule has 3 aromatic carbocycles. The topological polar surface area (TPSA) is 57.2 Å². The molecule has 0 aliphatic carbocycles. The number of halogens is 3. The summed E-state index contributed by atoms with van der Waals surface area (Å²) in [7, 11) is 0. The molecule has 33 heavy (non-hydrogen) atoms. The normalized spacial score (nSPS) is 11.7. The highest BCUT2D eigenvalue weighted by Gasteiger charge is 2.16. The molecule has 0 amide bonds. The first-order valence-corrected chi connectivity index (χ1v) is 11.6. The van der Waals surface area contributed by atoms with Crippen LogP contribution in [0, 0.1) is 0 Å². The Labute approximate surface area is 208 Å². The van der Waals surface area contributed by atoms with Gasteiger partial charge in [0.25, 0.3) is 0 Å². The minimum atomic E-state index is -0.111. The maximum Gasteiger partial charge on any atom is 0.128 e. The van der Waals surface area contributed by atoms with E-state index in [0.29, 0.717) is 27.2 Å². The van der Waals surface area contributed by atoms with Crippen LogP contribution >= 0.6 is 34.8 Å². The first kappa shape index (κ1) is 23.7. The van der Waals surface area contributed by atoms with Gasteiger partial charge in [-0.3, -0.25) is 4.98 Å². The van der Waals surface area contributed by atoms with E-state index in [0.717, 1.165) is 33.4 Å². The van der Waals surface area contributed by atoms with Crippen LogP contribution in [-0.2, 0) is 6.54 Å². The van der Waals surface area contributed by atoms with Crippen molar-refractivity contribution in [2.45, 2.75) is 32.9 Å². The average Bonchev–Trinajstić information content (AvgIpc) is 2.75. The molecule has 0 atom stereocenters.